The zero-order valence-corrected chi connectivity index (χ0v) is 13.9. The maximum absolute atomic E-state index is 12.1. The molecule has 22 heavy (non-hydrogen) atoms. The second kappa shape index (κ2) is 8.76. The van der Waals surface area contributed by atoms with Crippen LogP contribution >= 0.6 is 12.4 Å². The quantitative estimate of drug-likeness (QED) is 0.868. The zero-order valence-electron chi connectivity index (χ0n) is 13.1. The Morgan fingerprint density at radius 3 is 2.73 bits per heavy atom. The van der Waals surface area contributed by atoms with E-state index in [0.717, 1.165) is 37.1 Å². The number of nitrogens with zero attached hydrogens (tertiary/aromatic N) is 1. The van der Waals surface area contributed by atoms with Crippen molar-refractivity contribution in [3.8, 4) is 0 Å². The molecule has 0 radical (unpaired) electrons. The van der Waals surface area contributed by atoms with Crippen LogP contribution in [-0.4, -0.2) is 42.9 Å². The van der Waals surface area contributed by atoms with E-state index in [1.54, 1.807) is 7.05 Å². The normalized spacial score (nSPS) is 16.7. The standard InChI is InChI=1S/C16H23N3O2.ClH/c1-3-12-7-4-5-8-13(12)18-15(20)11-19(2)16(21)14-9-6-10-17-14;/h4-5,7-8,14,17H,3,6,9-11H2,1-2H3,(H,18,20);1H. The molecule has 1 unspecified atom stereocenters. The monoisotopic (exact) mass is 325 g/mol. The highest BCUT2D eigenvalue weighted by molar-refractivity contribution is 5.95. The summed E-state index contributed by atoms with van der Waals surface area (Å²) in [5, 5.41) is 6.04. The average Bonchev–Trinajstić information content (AvgIpc) is 3.01. The number of hydrogen-bond donors (Lipinski definition) is 2. The molecule has 6 heteroatoms. The first kappa shape index (κ1) is 18.5. The van der Waals surface area contributed by atoms with E-state index >= 15 is 0 Å². The molecule has 1 heterocycles. The van der Waals surface area contributed by atoms with Gasteiger partial charge in [0.1, 0.15) is 0 Å². The Bertz CT molecular complexity index is 516. The third-order valence-electron chi connectivity index (χ3n) is 3.79. The number of hydrogen-bond acceptors (Lipinski definition) is 3. The van der Waals surface area contributed by atoms with Crippen LogP contribution in [0.3, 0.4) is 0 Å². The van der Waals surface area contributed by atoms with Crippen molar-refractivity contribution < 1.29 is 9.59 Å². The van der Waals surface area contributed by atoms with Gasteiger partial charge in [0.15, 0.2) is 0 Å². The summed E-state index contributed by atoms with van der Waals surface area (Å²) < 4.78 is 0. The first-order chi connectivity index (χ1) is 10.1. The van der Waals surface area contributed by atoms with Crippen LogP contribution in [0.1, 0.15) is 25.3 Å². The number of anilines is 1. The summed E-state index contributed by atoms with van der Waals surface area (Å²) in [5.41, 5.74) is 1.92. The topological polar surface area (TPSA) is 61.4 Å². The molecule has 1 atom stereocenters. The molecule has 0 bridgehead atoms. The second-order valence-corrected chi connectivity index (χ2v) is 5.40. The lowest BCUT2D eigenvalue weighted by molar-refractivity contribution is -0.134. The van der Waals surface area contributed by atoms with Crippen molar-refractivity contribution in [2.75, 3.05) is 25.5 Å². The Balaban J connectivity index is 0.00000242. The fourth-order valence-electron chi connectivity index (χ4n) is 2.59. The minimum atomic E-state index is -0.162. The number of nitrogens with one attached hydrogen (secondary N) is 2. The van der Waals surface area contributed by atoms with Gasteiger partial charge in [-0.25, -0.2) is 0 Å². The van der Waals surface area contributed by atoms with Gasteiger partial charge in [-0.3, -0.25) is 9.59 Å². The predicted octanol–water partition coefficient (Wildman–Crippen LogP) is 1.82. The van der Waals surface area contributed by atoms with Crippen molar-refractivity contribution >= 4 is 29.9 Å². The van der Waals surface area contributed by atoms with Crippen LogP contribution in [0.5, 0.6) is 0 Å². The van der Waals surface area contributed by atoms with E-state index < -0.39 is 0 Å². The lowest BCUT2D eigenvalue weighted by atomic mass is 10.1. The molecule has 1 aliphatic heterocycles. The molecule has 5 nitrogen and oxygen atoms in total. The van der Waals surface area contributed by atoms with Crippen molar-refractivity contribution in [2.24, 2.45) is 0 Å². The van der Waals surface area contributed by atoms with Gasteiger partial charge >= 0.3 is 0 Å². The van der Waals surface area contributed by atoms with Crippen molar-refractivity contribution in [2.45, 2.75) is 32.2 Å². The third kappa shape index (κ3) is 4.71. The summed E-state index contributed by atoms with van der Waals surface area (Å²) in [6.45, 7) is 3.00. The highest BCUT2D eigenvalue weighted by Crippen LogP contribution is 2.15. The van der Waals surface area contributed by atoms with Crippen molar-refractivity contribution in [1.82, 2.24) is 10.2 Å². The van der Waals surface area contributed by atoms with Crippen molar-refractivity contribution in [3.63, 3.8) is 0 Å². The van der Waals surface area contributed by atoms with Crippen LogP contribution in [-0.2, 0) is 16.0 Å². The van der Waals surface area contributed by atoms with E-state index in [1.165, 1.54) is 4.90 Å². The van der Waals surface area contributed by atoms with Crippen LogP contribution in [0, 0.1) is 0 Å². The predicted molar refractivity (Wildman–Crippen MR) is 90.4 cm³/mol. The van der Waals surface area contributed by atoms with Crippen molar-refractivity contribution in [3.05, 3.63) is 29.8 Å². The molecule has 1 saturated heterocycles. The number of para-hydroxylation sites is 1. The minimum absolute atomic E-state index is 0. The molecule has 1 aliphatic rings. The van der Waals surface area contributed by atoms with E-state index in [9.17, 15) is 9.59 Å². The Kier molecular flexibility index (Phi) is 7.35. The Morgan fingerprint density at radius 1 is 1.36 bits per heavy atom. The number of halogens is 1. The van der Waals surface area contributed by atoms with E-state index in [4.69, 9.17) is 0 Å². The van der Waals surface area contributed by atoms with Gasteiger partial charge in [-0.15, -0.1) is 12.4 Å². The van der Waals surface area contributed by atoms with Gasteiger partial charge in [0.2, 0.25) is 11.8 Å². The molecule has 1 aromatic rings. The molecule has 0 spiro atoms. The van der Waals surface area contributed by atoms with Crippen LogP contribution in [0.4, 0.5) is 5.69 Å². The summed E-state index contributed by atoms with van der Waals surface area (Å²) in [7, 11) is 1.67. The molecule has 1 aromatic carbocycles. The largest absolute Gasteiger partial charge is 0.335 e. The van der Waals surface area contributed by atoms with Crippen LogP contribution < -0.4 is 10.6 Å². The summed E-state index contributed by atoms with van der Waals surface area (Å²) in [6, 6.07) is 7.59. The number of amides is 2. The molecule has 2 N–H and O–H groups in total. The Hall–Kier alpha value is -1.59. The SMILES string of the molecule is CCc1ccccc1NC(=O)CN(C)C(=O)C1CCCN1.Cl. The highest BCUT2D eigenvalue weighted by Gasteiger charge is 2.25. The van der Waals surface area contributed by atoms with Gasteiger partial charge < -0.3 is 15.5 Å². The average molecular weight is 326 g/mol. The first-order valence-electron chi connectivity index (χ1n) is 7.48. The van der Waals surface area contributed by atoms with E-state index in [0.29, 0.717) is 0 Å². The molecule has 0 aromatic heterocycles. The van der Waals surface area contributed by atoms with Crippen LogP contribution in [0.15, 0.2) is 24.3 Å². The number of likely N-dealkylation sites (N-methyl/N-ethyl adjacent to an activating group) is 1. The van der Waals surface area contributed by atoms with Gasteiger partial charge in [-0.05, 0) is 37.4 Å². The summed E-state index contributed by atoms with van der Waals surface area (Å²) in [4.78, 5) is 25.7. The molecular weight excluding hydrogens is 302 g/mol. The fourth-order valence-corrected chi connectivity index (χ4v) is 2.59. The van der Waals surface area contributed by atoms with E-state index in [1.807, 2.05) is 31.2 Å². The van der Waals surface area contributed by atoms with Gasteiger partial charge in [0.05, 0.1) is 12.6 Å². The number of carbonyl (C=O) groups is 2. The summed E-state index contributed by atoms with van der Waals surface area (Å²) in [6.07, 6.45) is 2.72. The van der Waals surface area contributed by atoms with Crippen LogP contribution in [0.25, 0.3) is 0 Å². The highest BCUT2D eigenvalue weighted by atomic mass is 35.5. The van der Waals surface area contributed by atoms with E-state index in [2.05, 4.69) is 10.6 Å². The summed E-state index contributed by atoms with van der Waals surface area (Å²) in [5.74, 6) is -0.170. The number of carbonyl (C=O) groups excluding carboxylic acids is 2. The van der Waals surface area contributed by atoms with E-state index in [-0.39, 0.29) is 36.8 Å². The molecule has 2 amide bonds. The number of rotatable bonds is 5. The molecule has 0 aliphatic carbocycles. The molecule has 2 rings (SSSR count). The van der Waals surface area contributed by atoms with Crippen molar-refractivity contribution in [1.29, 1.82) is 0 Å². The second-order valence-electron chi connectivity index (χ2n) is 5.40. The number of aryl methyl sites for hydroxylation is 1. The van der Waals surface area contributed by atoms with Gasteiger partial charge in [0, 0.05) is 12.7 Å². The fraction of sp³-hybridized carbons (Fsp3) is 0.500. The molecule has 0 saturated carbocycles. The third-order valence-corrected chi connectivity index (χ3v) is 3.79. The maximum Gasteiger partial charge on any atom is 0.243 e. The molecular formula is C16H24ClN3O2. The lowest BCUT2D eigenvalue weighted by Gasteiger charge is -2.21. The smallest absolute Gasteiger partial charge is 0.243 e. The molecule has 1 fully saturated rings. The van der Waals surface area contributed by atoms with Gasteiger partial charge in [-0.2, -0.15) is 0 Å². The minimum Gasteiger partial charge on any atom is -0.335 e. The maximum atomic E-state index is 12.1. The Labute approximate surface area is 137 Å². The Morgan fingerprint density at radius 2 is 2.09 bits per heavy atom. The van der Waals surface area contributed by atoms with Crippen LogP contribution in [0.2, 0.25) is 0 Å². The lowest BCUT2D eigenvalue weighted by Crippen LogP contribution is -2.44. The number of benzene rings is 1. The first-order valence-corrected chi connectivity index (χ1v) is 7.48. The van der Waals surface area contributed by atoms with Gasteiger partial charge in [0.25, 0.3) is 0 Å². The summed E-state index contributed by atoms with van der Waals surface area (Å²) >= 11 is 0. The molecule has 122 valence electrons. The van der Waals surface area contributed by atoms with Gasteiger partial charge in [-0.1, -0.05) is 25.1 Å². The zero-order chi connectivity index (χ0) is 15.2.